The Kier molecular flexibility index (Phi) is 6.03. The molecule has 2 aromatic rings. The van der Waals surface area contributed by atoms with E-state index in [1.807, 2.05) is 0 Å². The van der Waals surface area contributed by atoms with Gasteiger partial charge in [-0.2, -0.15) is 11.8 Å². The molecule has 1 heteroatoms. The predicted octanol–water partition coefficient (Wildman–Crippen LogP) is 5.50. The lowest BCUT2D eigenvalue weighted by Gasteiger charge is -2.17. The zero-order valence-corrected chi connectivity index (χ0v) is 12.4. The summed E-state index contributed by atoms with van der Waals surface area (Å²) >= 11 is 2.09. The molecule has 0 aliphatic rings. The topological polar surface area (TPSA) is 0 Å². The van der Waals surface area contributed by atoms with Gasteiger partial charge >= 0.3 is 0 Å². The van der Waals surface area contributed by atoms with E-state index >= 15 is 0 Å². The molecule has 0 N–H and O–H groups in total. The number of rotatable bonds is 7. The fourth-order valence-electron chi connectivity index (χ4n) is 2.14. The van der Waals surface area contributed by atoms with Crippen LogP contribution in [0.1, 0.15) is 36.1 Å². The Balaban J connectivity index is 2.06. The molecule has 100 valence electrons. The minimum absolute atomic E-state index is 0.579. The van der Waals surface area contributed by atoms with Gasteiger partial charge < -0.3 is 0 Å². The van der Waals surface area contributed by atoms with Gasteiger partial charge in [-0.15, -0.1) is 0 Å². The second-order valence-electron chi connectivity index (χ2n) is 4.81. The van der Waals surface area contributed by atoms with Crippen LogP contribution in [-0.2, 0) is 6.42 Å². The molecule has 0 amide bonds. The Morgan fingerprint density at radius 2 is 1.53 bits per heavy atom. The molecule has 0 saturated carbocycles. The number of hydrogen-bond donors (Lipinski definition) is 0. The minimum Gasteiger partial charge on any atom is -0.153 e. The molecule has 0 aromatic heterocycles. The maximum absolute atomic E-state index is 2.26. The van der Waals surface area contributed by atoms with Crippen molar-refractivity contribution in [1.29, 1.82) is 0 Å². The van der Waals surface area contributed by atoms with Crippen molar-refractivity contribution in [2.45, 2.75) is 31.4 Å². The normalized spacial score (nSPS) is 12.3. The second-order valence-corrected chi connectivity index (χ2v) is 6.12. The molecular weight excluding hydrogens is 248 g/mol. The van der Waals surface area contributed by atoms with Gasteiger partial charge in [0.25, 0.3) is 0 Å². The lowest BCUT2D eigenvalue weighted by atomic mass is 10.0. The number of benzene rings is 2. The Labute approximate surface area is 121 Å². The lowest BCUT2D eigenvalue weighted by molar-refractivity contribution is 0.880. The molecule has 0 fully saturated rings. The minimum atomic E-state index is 0.579. The van der Waals surface area contributed by atoms with Crippen LogP contribution < -0.4 is 0 Å². The van der Waals surface area contributed by atoms with E-state index in [9.17, 15) is 0 Å². The Hall–Kier alpha value is -1.21. The van der Waals surface area contributed by atoms with Crippen LogP contribution in [0.5, 0.6) is 0 Å². The third-order valence-corrected chi connectivity index (χ3v) is 4.62. The molecule has 0 bridgehead atoms. The van der Waals surface area contributed by atoms with Gasteiger partial charge in [-0.05, 0) is 29.7 Å². The van der Waals surface area contributed by atoms with Crippen molar-refractivity contribution in [2.75, 3.05) is 5.75 Å². The number of unbranched alkanes of at least 4 members (excludes halogenated alkanes) is 1. The average molecular weight is 270 g/mol. The first-order valence-electron chi connectivity index (χ1n) is 7.10. The molecule has 0 radical (unpaired) electrons. The maximum Gasteiger partial charge on any atom is 0.0337 e. The molecule has 0 saturated heterocycles. The van der Waals surface area contributed by atoms with Crippen molar-refractivity contribution < 1.29 is 0 Å². The molecule has 2 aromatic carbocycles. The fourth-order valence-corrected chi connectivity index (χ4v) is 3.54. The Morgan fingerprint density at radius 3 is 2.16 bits per heavy atom. The molecule has 0 aliphatic heterocycles. The molecular formula is C18H22S. The summed E-state index contributed by atoms with van der Waals surface area (Å²) in [5.41, 5.74) is 2.88. The van der Waals surface area contributed by atoms with Crippen LogP contribution in [0, 0.1) is 0 Å². The SMILES string of the molecule is CCCCSC(Cc1ccccc1)c1ccccc1. The highest BCUT2D eigenvalue weighted by Crippen LogP contribution is 2.32. The zero-order valence-electron chi connectivity index (χ0n) is 11.6. The molecule has 0 heterocycles. The lowest BCUT2D eigenvalue weighted by Crippen LogP contribution is -2.00. The van der Waals surface area contributed by atoms with E-state index in [0.717, 1.165) is 6.42 Å². The van der Waals surface area contributed by atoms with Gasteiger partial charge in [0, 0.05) is 5.25 Å². The summed E-state index contributed by atoms with van der Waals surface area (Å²) in [5.74, 6) is 1.25. The largest absolute Gasteiger partial charge is 0.153 e. The van der Waals surface area contributed by atoms with E-state index in [0.29, 0.717) is 5.25 Å². The summed E-state index contributed by atoms with van der Waals surface area (Å²) in [6.45, 7) is 2.26. The van der Waals surface area contributed by atoms with Crippen LogP contribution in [0.2, 0.25) is 0 Å². The Bertz CT molecular complexity index is 450. The van der Waals surface area contributed by atoms with E-state index < -0.39 is 0 Å². The number of hydrogen-bond acceptors (Lipinski definition) is 1. The van der Waals surface area contributed by atoms with Gasteiger partial charge in [-0.1, -0.05) is 74.0 Å². The summed E-state index contributed by atoms with van der Waals surface area (Å²) in [6.07, 6.45) is 3.71. The molecule has 0 spiro atoms. The summed E-state index contributed by atoms with van der Waals surface area (Å²) < 4.78 is 0. The molecule has 0 aliphatic carbocycles. The van der Waals surface area contributed by atoms with E-state index in [-0.39, 0.29) is 0 Å². The van der Waals surface area contributed by atoms with Crippen molar-refractivity contribution in [3.05, 3.63) is 71.8 Å². The first-order valence-corrected chi connectivity index (χ1v) is 8.15. The van der Waals surface area contributed by atoms with Crippen molar-refractivity contribution in [3.8, 4) is 0 Å². The van der Waals surface area contributed by atoms with Crippen LogP contribution in [0.15, 0.2) is 60.7 Å². The average Bonchev–Trinajstić information content (AvgIpc) is 2.48. The van der Waals surface area contributed by atoms with E-state index in [4.69, 9.17) is 0 Å². The van der Waals surface area contributed by atoms with Gasteiger partial charge in [0.05, 0.1) is 0 Å². The fraction of sp³-hybridized carbons (Fsp3) is 0.333. The van der Waals surface area contributed by atoms with Crippen molar-refractivity contribution in [2.24, 2.45) is 0 Å². The van der Waals surface area contributed by atoms with Crippen molar-refractivity contribution in [3.63, 3.8) is 0 Å². The van der Waals surface area contributed by atoms with Gasteiger partial charge in [-0.25, -0.2) is 0 Å². The summed E-state index contributed by atoms with van der Waals surface area (Å²) in [7, 11) is 0. The molecule has 19 heavy (non-hydrogen) atoms. The zero-order chi connectivity index (χ0) is 13.3. The molecule has 1 unspecified atom stereocenters. The quantitative estimate of drug-likeness (QED) is 0.598. The summed E-state index contributed by atoms with van der Waals surface area (Å²) in [6, 6.07) is 21.7. The summed E-state index contributed by atoms with van der Waals surface area (Å²) in [4.78, 5) is 0. The second kappa shape index (κ2) is 8.06. The Morgan fingerprint density at radius 1 is 0.895 bits per heavy atom. The van der Waals surface area contributed by atoms with E-state index in [1.54, 1.807) is 0 Å². The third kappa shape index (κ3) is 4.76. The highest BCUT2D eigenvalue weighted by atomic mass is 32.2. The number of thioether (sulfide) groups is 1. The molecule has 2 rings (SSSR count). The van der Waals surface area contributed by atoms with Gasteiger partial charge in [-0.3, -0.25) is 0 Å². The highest BCUT2D eigenvalue weighted by Gasteiger charge is 2.12. The highest BCUT2D eigenvalue weighted by molar-refractivity contribution is 7.99. The van der Waals surface area contributed by atoms with Crippen molar-refractivity contribution >= 4 is 11.8 Å². The van der Waals surface area contributed by atoms with E-state index in [1.165, 1.54) is 29.7 Å². The summed E-state index contributed by atoms with van der Waals surface area (Å²) in [5, 5.41) is 0.579. The van der Waals surface area contributed by atoms with Crippen LogP contribution in [-0.4, -0.2) is 5.75 Å². The van der Waals surface area contributed by atoms with Crippen molar-refractivity contribution in [1.82, 2.24) is 0 Å². The van der Waals surface area contributed by atoms with Gasteiger partial charge in [0.1, 0.15) is 0 Å². The van der Waals surface area contributed by atoms with Crippen LogP contribution in [0.4, 0.5) is 0 Å². The molecule has 1 atom stereocenters. The van der Waals surface area contributed by atoms with Gasteiger partial charge in [0.2, 0.25) is 0 Å². The predicted molar refractivity (Wildman–Crippen MR) is 86.7 cm³/mol. The first kappa shape index (κ1) is 14.2. The van der Waals surface area contributed by atoms with Crippen LogP contribution in [0.25, 0.3) is 0 Å². The molecule has 0 nitrogen and oxygen atoms in total. The standard InChI is InChI=1S/C18H22S/c1-2-3-14-19-18(17-12-8-5-9-13-17)15-16-10-6-4-7-11-16/h4-13,18H,2-3,14-15H2,1H3. The van der Waals surface area contributed by atoms with Crippen LogP contribution in [0.3, 0.4) is 0 Å². The van der Waals surface area contributed by atoms with Gasteiger partial charge in [0.15, 0.2) is 0 Å². The smallest absolute Gasteiger partial charge is 0.0337 e. The van der Waals surface area contributed by atoms with E-state index in [2.05, 4.69) is 79.3 Å². The maximum atomic E-state index is 2.26. The first-order chi connectivity index (χ1) is 9.40. The van der Waals surface area contributed by atoms with Crippen LogP contribution >= 0.6 is 11.8 Å². The third-order valence-electron chi connectivity index (χ3n) is 3.25. The monoisotopic (exact) mass is 270 g/mol.